The van der Waals surface area contributed by atoms with Crippen molar-refractivity contribution in [2.75, 3.05) is 5.32 Å². The summed E-state index contributed by atoms with van der Waals surface area (Å²) in [6, 6.07) is 13.2. The highest BCUT2D eigenvalue weighted by molar-refractivity contribution is 5.90. The van der Waals surface area contributed by atoms with E-state index in [0.717, 1.165) is 28.8 Å². The molecule has 1 fully saturated rings. The molecule has 3 heterocycles. The molecule has 0 saturated heterocycles. The number of nitrogens with one attached hydrogen (secondary N) is 1. The number of amides is 1. The molecule has 1 amide bonds. The smallest absolute Gasteiger partial charge is 0.309 e. The largest absolute Gasteiger partial charge is 0.331 e. The van der Waals surface area contributed by atoms with Gasteiger partial charge in [0.25, 0.3) is 5.56 Å². The summed E-state index contributed by atoms with van der Waals surface area (Å²) < 4.78 is 3.92. The maximum Gasteiger partial charge on any atom is 0.331 e. The molecule has 2 aromatic heterocycles. The Bertz CT molecular complexity index is 1340. The Kier molecular flexibility index (Phi) is 4.55. The Hall–Kier alpha value is -3.93. The van der Waals surface area contributed by atoms with Crippen molar-refractivity contribution in [2.24, 2.45) is 0 Å². The average Bonchev–Trinajstić information content (AvgIpc) is 3.36. The summed E-state index contributed by atoms with van der Waals surface area (Å²) in [4.78, 5) is 38.3. The summed E-state index contributed by atoms with van der Waals surface area (Å²) in [6.07, 6.45) is 3.34. The van der Waals surface area contributed by atoms with Gasteiger partial charge in [-0.1, -0.05) is 18.2 Å². The number of hydrogen-bond donors (Lipinski definition) is 1. The topological polar surface area (TPSA) is 115 Å². The van der Waals surface area contributed by atoms with Gasteiger partial charge in [0.2, 0.25) is 5.91 Å². The predicted molar refractivity (Wildman–Crippen MR) is 112 cm³/mol. The zero-order valence-electron chi connectivity index (χ0n) is 16.7. The van der Waals surface area contributed by atoms with E-state index in [1.165, 1.54) is 4.57 Å². The lowest BCUT2D eigenvalue weighted by Gasteiger charge is -2.12. The summed E-state index contributed by atoms with van der Waals surface area (Å²) in [5.74, 6) is 0.344. The van der Waals surface area contributed by atoms with E-state index in [-0.39, 0.29) is 5.56 Å². The first-order valence-electron chi connectivity index (χ1n) is 10.3. The first-order valence-corrected chi connectivity index (χ1v) is 10.3. The molecule has 1 N–H and O–H groups in total. The Labute approximate surface area is 177 Å². The molecule has 9 nitrogen and oxygen atoms in total. The van der Waals surface area contributed by atoms with E-state index in [0.29, 0.717) is 36.8 Å². The fraction of sp³-hybridized carbons (Fsp3) is 0.318. The highest BCUT2D eigenvalue weighted by atomic mass is 16.2. The molecule has 0 bridgehead atoms. The van der Waals surface area contributed by atoms with Gasteiger partial charge in [-0.15, -0.1) is 0 Å². The normalized spacial score (nSPS) is 14.8. The van der Waals surface area contributed by atoms with E-state index in [9.17, 15) is 19.6 Å². The number of nitriles is 1. The van der Waals surface area contributed by atoms with Gasteiger partial charge in [0.15, 0.2) is 0 Å². The van der Waals surface area contributed by atoms with Gasteiger partial charge in [-0.3, -0.25) is 14.2 Å². The predicted octanol–water partition coefficient (Wildman–Crippen LogP) is 1.53. The third-order valence-corrected chi connectivity index (χ3v) is 5.74. The lowest BCUT2D eigenvalue weighted by Crippen LogP contribution is -2.44. The maximum absolute atomic E-state index is 12.8. The molecular formula is C22H20N6O3. The van der Waals surface area contributed by atoms with E-state index in [1.54, 1.807) is 4.68 Å². The standard InChI is InChI=1S/C22H20N6O3/c23-12-16-18-7-4-10-26(18)22(31)27(21(16)30)13-20(29)24-19-11-17(14-8-9-14)25-28(19)15-5-2-1-3-6-15/h1-3,5-6,11,14H,4,7-10,13H2,(H,24,29). The molecule has 156 valence electrons. The fourth-order valence-electron chi connectivity index (χ4n) is 4.05. The molecule has 0 atom stereocenters. The van der Waals surface area contributed by atoms with E-state index in [1.807, 2.05) is 42.5 Å². The van der Waals surface area contributed by atoms with Gasteiger partial charge in [-0.25, -0.2) is 14.0 Å². The number of aromatic nitrogens is 4. The quantitative estimate of drug-likeness (QED) is 0.677. The second kappa shape index (κ2) is 7.40. The van der Waals surface area contributed by atoms with Gasteiger partial charge in [-0.05, 0) is 37.8 Å². The highest BCUT2D eigenvalue weighted by Crippen LogP contribution is 2.40. The van der Waals surface area contributed by atoms with Crippen LogP contribution in [0.15, 0.2) is 46.0 Å². The Balaban J connectivity index is 1.47. The number of rotatable bonds is 5. The van der Waals surface area contributed by atoms with Crippen LogP contribution in [0.2, 0.25) is 0 Å². The van der Waals surface area contributed by atoms with Crippen molar-refractivity contribution in [2.45, 2.75) is 44.7 Å². The zero-order chi connectivity index (χ0) is 21.5. The van der Waals surface area contributed by atoms with Crippen LogP contribution in [0.1, 0.15) is 42.1 Å². The van der Waals surface area contributed by atoms with Gasteiger partial charge >= 0.3 is 5.69 Å². The van der Waals surface area contributed by atoms with Gasteiger partial charge < -0.3 is 5.32 Å². The van der Waals surface area contributed by atoms with Crippen LogP contribution in [0.25, 0.3) is 5.69 Å². The zero-order valence-corrected chi connectivity index (χ0v) is 16.7. The molecule has 3 aromatic rings. The molecule has 0 radical (unpaired) electrons. The number of carbonyl (C=O) groups is 1. The summed E-state index contributed by atoms with van der Waals surface area (Å²) >= 11 is 0. The number of benzene rings is 1. The minimum Gasteiger partial charge on any atom is -0.309 e. The first-order chi connectivity index (χ1) is 15.1. The number of fused-ring (bicyclic) bond motifs is 1. The Morgan fingerprint density at radius 2 is 2.00 bits per heavy atom. The summed E-state index contributed by atoms with van der Waals surface area (Å²) in [6.45, 7) is -0.0262. The van der Waals surface area contributed by atoms with Crippen LogP contribution in [-0.4, -0.2) is 24.8 Å². The average molecular weight is 416 g/mol. The SMILES string of the molecule is N#Cc1c2n(c(=O)n(CC(=O)Nc3cc(C4CC4)nn3-c3ccccc3)c1=O)CCC2. The van der Waals surface area contributed by atoms with Crippen molar-refractivity contribution >= 4 is 11.7 Å². The second-order valence-electron chi connectivity index (χ2n) is 7.89. The minimum atomic E-state index is -0.717. The molecule has 1 aliphatic carbocycles. The number of nitrogens with zero attached hydrogens (tertiary/aromatic N) is 5. The number of carbonyl (C=O) groups excluding carboxylic acids is 1. The summed E-state index contributed by atoms with van der Waals surface area (Å²) in [7, 11) is 0. The molecule has 9 heteroatoms. The molecular weight excluding hydrogens is 396 g/mol. The van der Waals surface area contributed by atoms with Crippen molar-refractivity contribution in [3.63, 3.8) is 0 Å². The van der Waals surface area contributed by atoms with E-state index < -0.39 is 23.7 Å². The van der Waals surface area contributed by atoms with Gasteiger partial charge in [-0.2, -0.15) is 10.4 Å². The molecule has 2 aliphatic rings. The van der Waals surface area contributed by atoms with Gasteiger partial charge in [0.05, 0.1) is 11.4 Å². The van der Waals surface area contributed by atoms with Crippen LogP contribution >= 0.6 is 0 Å². The van der Waals surface area contributed by atoms with Crippen molar-refractivity contribution in [3.05, 3.63) is 74.2 Å². The molecule has 1 saturated carbocycles. The van der Waals surface area contributed by atoms with Crippen LogP contribution in [0.4, 0.5) is 5.82 Å². The van der Waals surface area contributed by atoms with Crippen molar-refractivity contribution < 1.29 is 4.79 Å². The Morgan fingerprint density at radius 1 is 1.23 bits per heavy atom. The molecule has 0 unspecified atom stereocenters. The molecule has 0 spiro atoms. The van der Waals surface area contributed by atoms with E-state index in [4.69, 9.17) is 0 Å². The molecule has 1 aromatic carbocycles. The highest BCUT2D eigenvalue weighted by Gasteiger charge is 2.28. The van der Waals surface area contributed by atoms with Crippen molar-refractivity contribution in [1.82, 2.24) is 18.9 Å². The van der Waals surface area contributed by atoms with Crippen LogP contribution in [-0.2, 0) is 24.3 Å². The van der Waals surface area contributed by atoms with Crippen LogP contribution in [0.3, 0.4) is 0 Å². The molecule has 1 aliphatic heterocycles. The van der Waals surface area contributed by atoms with Gasteiger partial charge in [0.1, 0.15) is 24.0 Å². The van der Waals surface area contributed by atoms with Crippen molar-refractivity contribution in [1.29, 1.82) is 5.26 Å². The second-order valence-corrected chi connectivity index (χ2v) is 7.89. The number of hydrogen-bond acceptors (Lipinski definition) is 5. The summed E-state index contributed by atoms with van der Waals surface area (Å²) in [5, 5.41) is 16.8. The molecule has 31 heavy (non-hydrogen) atoms. The number of anilines is 1. The minimum absolute atomic E-state index is 0.0600. The molecule has 5 rings (SSSR count). The van der Waals surface area contributed by atoms with Crippen LogP contribution < -0.4 is 16.6 Å². The van der Waals surface area contributed by atoms with Gasteiger partial charge in [0, 0.05) is 24.2 Å². The summed E-state index contributed by atoms with van der Waals surface area (Å²) in [5.41, 5.74) is 0.834. The number of para-hydroxylation sites is 1. The van der Waals surface area contributed by atoms with E-state index in [2.05, 4.69) is 10.4 Å². The lowest BCUT2D eigenvalue weighted by atomic mass is 10.2. The van der Waals surface area contributed by atoms with Crippen LogP contribution in [0.5, 0.6) is 0 Å². The maximum atomic E-state index is 12.8. The van der Waals surface area contributed by atoms with E-state index >= 15 is 0 Å². The first kappa shape index (κ1) is 19.1. The monoisotopic (exact) mass is 416 g/mol. The fourth-order valence-corrected chi connectivity index (χ4v) is 4.05. The Morgan fingerprint density at radius 3 is 2.71 bits per heavy atom. The third-order valence-electron chi connectivity index (χ3n) is 5.74. The third kappa shape index (κ3) is 3.36. The lowest BCUT2D eigenvalue weighted by molar-refractivity contribution is -0.116. The van der Waals surface area contributed by atoms with Crippen molar-refractivity contribution in [3.8, 4) is 11.8 Å². The van der Waals surface area contributed by atoms with Crippen LogP contribution in [0, 0.1) is 11.3 Å².